The maximum Gasteiger partial charge on any atom is 0.229 e. The van der Waals surface area contributed by atoms with E-state index in [9.17, 15) is 9.18 Å². The highest BCUT2D eigenvalue weighted by atomic mass is 35.5. The third kappa shape index (κ3) is 2.59. The number of nitrogens with zero attached hydrogens (tertiary/aromatic N) is 2. The molecular formula is C17H14ClFN6O. The van der Waals surface area contributed by atoms with Crippen molar-refractivity contribution in [1.82, 2.24) is 25.6 Å². The first-order valence-corrected chi connectivity index (χ1v) is 8.20. The maximum absolute atomic E-state index is 14.7. The van der Waals surface area contributed by atoms with Gasteiger partial charge in [-0.05, 0) is 25.1 Å². The Morgan fingerprint density at radius 3 is 2.92 bits per heavy atom. The van der Waals surface area contributed by atoms with E-state index in [0.717, 1.165) is 0 Å². The van der Waals surface area contributed by atoms with Gasteiger partial charge >= 0.3 is 0 Å². The summed E-state index contributed by atoms with van der Waals surface area (Å²) in [6, 6.07) is 4.81. The van der Waals surface area contributed by atoms with Crippen LogP contribution in [-0.2, 0) is 10.3 Å². The van der Waals surface area contributed by atoms with E-state index in [0.29, 0.717) is 22.5 Å². The number of pyridine rings is 1. The predicted octanol–water partition coefficient (Wildman–Crippen LogP) is 2.68. The molecule has 0 bridgehead atoms. The van der Waals surface area contributed by atoms with Crippen LogP contribution in [0.3, 0.4) is 0 Å². The van der Waals surface area contributed by atoms with Crippen LogP contribution >= 0.6 is 11.6 Å². The Hall–Kier alpha value is -3.00. The first-order chi connectivity index (χ1) is 12.4. The second kappa shape index (κ2) is 5.77. The monoisotopic (exact) mass is 372 g/mol. The molecule has 132 valence electrons. The van der Waals surface area contributed by atoms with Crippen LogP contribution in [0.4, 0.5) is 4.39 Å². The van der Waals surface area contributed by atoms with Crippen molar-refractivity contribution in [3.05, 3.63) is 47.0 Å². The van der Waals surface area contributed by atoms with Crippen LogP contribution in [0.2, 0.25) is 5.02 Å². The molecule has 1 aliphatic heterocycles. The van der Waals surface area contributed by atoms with Gasteiger partial charge in [0, 0.05) is 23.5 Å². The second-order valence-electron chi connectivity index (χ2n) is 6.33. The number of nitrogens with one attached hydrogen (secondary N) is 4. The zero-order chi connectivity index (χ0) is 18.5. The topological polar surface area (TPSA) is 107 Å². The average molecular weight is 373 g/mol. The van der Waals surface area contributed by atoms with Crippen molar-refractivity contribution in [3.63, 3.8) is 0 Å². The van der Waals surface area contributed by atoms with Gasteiger partial charge in [0.05, 0.1) is 22.5 Å². The minimum Gasteiger partial charge on any atom is -0.346 e. The third-order valence-electron chi connectivity index (χ3n) is 4.37. The van der Waals surface area contributed by atoms with Crippen LogP contribution in [-0.4, -0.2) is 26.8 Å². The summed E-state index contributed by atoms with van der Waals surface area (Å²) < 4.78 is 14.7. The standard InChI is InChI=1S/C17H14ClFN6O/c1-17(6-11(26)22-16(20)25-17)9-5-10(19)13-14(12(9)18)24-15(23-13)8-3-2-4-21-7-8/h2-5,7H,6H2,1H3,(H,23,24)(H3,20,22,25,26)/t17-/m0/s1. The third-order valence-corrected chi connectivity index (χ3v) is 4.76. The van der Waals surface area contributed by atoms with Gasteiger partial charge in [-0.3, -0.25) is 20.5 Å². The molecule has 4 rings (SSSR count). The molecule has 1 saturated heterocycles. The van der Waals surface area contributed by atoms with Crippen molar-refractivity contribution in [3.8, 4) is 11.4 Å². The molecule has 26 heavy (non-hydrogen) atoms. The number of carbonyl (C=O) groups is 1. The van der Waals surface area contributed by atoms with Gasteiger partial charge < -0.3 is 10.3 Å². The number of hydrogen-bond acceptors (Lipinski definition) is 4. The summed E-state index contributed by atoms with van der Waals surface area (Å²) >= 11 is 6.54. The number of halogens is 2. The summed E-state index contributed by atoms with van der Waals surface area (Å²) in [4.78, 5) is 23.2. The lowest BCUT2D eigenvalue weighted by atomic mass is 9.86. The number of amides is 1. The molecular weight excluding hydrogens is 359 g/mol. The average Bonchev–Trinajstić information content (AvgIpc) is 3.04. The number of H-pyrrole nitrogens is 1. The molecule has 0 aliphatic carbocycles. The van der Waals surface area contributed by atoms with Gasteiger partial charge in [-0.1, -0.05) is 11.6 Å². The number of fused-ring (bicyclic) bond motifs is 1. The molecule has 4 N–H and O–H groups in total. The Morgan fingerprint density at radius 2 is 2.23 bits per heavy atom. The zero-order valence-electron chi connectivity index (χ0n) is 13.7. The van der Waals surface area contributed by atoms with Crippen LogP contribution in [0.1, 0.15) is 18.9 Å². The van der Waals surface area contributed by atoms with Crippen LogP contribution < -0.4 is 10.6 Å². The van der Waals surface area contributed by atoms with Gasteiger partial charge in [0.15, 0.2) is 11.8 Å². The number of hydrogen-bond donors (Lipinski definition) is 4. The van der Waals surface area contributed by atoms with E-state index in [2.05, 4.69) is 25.6 Å². The zero-order valence-corrected chi connectivity index (χ0v) is 14.4. The molecule has 0 radical (unpaired) electrons. The molecule has 0 unspecified atom stereocenters. The maximum atomic E-state index is 14.7. The summed E-state index contributed by atoms with van der Waals surface area (Å²) in [5.41, 5.74) is 0.511. The predicted molar refractivity (Wildman–Crippen MR) is 95.3 cm³/mol. The Morgan fingerprint density at radius 1 is 1.42 bits per heavy atom. The molecule has 1 atom stereocenters. The highest BCUT2D eigenvalue weighted by molar-refractivity contribution is 6.36. The molecule has 3 heterocycles. The minimum atomic E-state index is -1.01. The molecule has 7 nitrogen and oxygen atoms in total. The smallest absolute Gasteiger partial charge is 0.229 e. The van der Waals surface area contributed by atoms with E-state index in [1.807, 2.05) is 0 Å². The summed E-state index contributed by atoms with van der Waals surface area (Å²) in [6.07, 6.45) is 3.26. The molecule has 0 saturated carbocycles. The van der Waals surface area contributed by atoms with Gasteiger partial charge in [0.1, 0.15) is 11.3 Å². The van der Waals surface area contributed by atoms with Gasteiger partial charge in [0.25, 0.3) is 0 Å². The lowest BCUT2D eigenvalue weighted by Gasteiger charge is -2.36. The van der Waals surface area contributed by atoms with Crippen molar-refractivity contribution in [2.75, 3.05) is 0 Å². The number of rotatable bonds is 2. The van der Waals surface area contributed by atoms with Crippen LogP contribution in [0.5, 0.6) is 0 Å². The fourth-order valence-electron chi connectivity index (χ4n) is 3.16. The van der Waals surface area contributed by atoms with Gasteiger partial charge in [-0.2, -0.15) is 0 Å². The van der Waals surface area contributed by atoms with E-state index in [1.165, 1.54) is 6.07 Å². The lowest BCUT2D eigenvalue weighted by Crippen LogP contribution is -2.57. The molecule has 3 aromatic rings. The summed E-state index contributed by atoms with van der Waals surface area (Å²) in [5, 5.41) is 13.2. The Balaban J connectivity index is 1.89. The van der Waals surface area contributed by atoms with Gasteiger partial charge in [-0.25, -0.2) is 9.37 Å². The number of aromatic amines is 1. The Labute approximate surface area is 152 Å². The summed E-state index contributed by atoms with van der Waals surface area (Å²) in [5.74, 6) is -0.612. The van der Waals surface area contributed by atoms with Crippen molar-refractivity contribution in [2.45, 2.75) is 18.9 Å². The fourth-order valence-corrected chi connectivity index (χ4v) is 3.56. The second-order valence-corrected chi connectivity index (χ2v) is 6.71. The van der Waals surface area contributed by atoms with Crippen LogP contribution in [0.15, 0.2) is 30.6 Å². The van der Waals surface area contributed by atoms with Crippen molar-refractivity contribution >= 4 is 34.5 Å². The van der Waals surface area contributed by atoms with Crippen LogP contribution in [0, 0.1) is 11.2 Å². The number of guanidine groups is 1. The van der Waals surface area contributed by atoms with Crippen LogP contribution in [0.25, 0.3) is 22.4 Å². The number of aromatic nitrogens is 3. The Kier molecular flexibility index (Phi) is 3.66. The van der Waals surface area contributed by atoms with E-state index >= 15 is 0 Å². The van der Waals surface area contributed by atoms with Crippen molar-refractivity contribution < 1.29 is 9.18 Å². The molecule has 1 aromatic carbocycles. The molecule has 9 heteroatoms. The quantitative estimate of drug-likeness (QED) is 0.554. The summed E-state index contributed by atoms with van der Waals surface area (Å²) in [6.45, 7) is 1.70. The molecule has 1 aliphatic rings. The SMILES string of the molecule is C[C@@]1(c2cc(F)c3nc(-c4cccnc4)[nH]c3c2Cl)CC(=O)NC(=N)N1. The first-order valence-electron chi connectivity index (χ1n) is 7.82. The molecule has 1 fully saturated rings. The molecule has 1 amide bonds. The van der Waals surface area contributed by atoms with Crippen molar-refractivity contribution in [2.24, 2.45) is 0 Å². The van der Waals surface area contributed by atoms with E-state index in [-0.39, 0.29) is 28.8 Å². The first kappa shape index (κ1) is 16.5. The van der Waals surface area contributed by atoms with E-state index < -0.39 is 11.4 Å². The summed E-state index contributed by atoms with van der Waals surface area (Å²) in [7, 11) is 0. The largest absolute Gasteiger partial charge is 0.346 e. The normalized spacial score (nSPS) is 20.1. The van der Waals surface area contributed by atoms with E-state index in [1.54, 1.807) is 31.5 Å². The van der Waals surface area contributed by atoms with Crippen molar-refractivity contribution in [1.29, 1.82) is 5.41 Å². The number of benzene rings is 1. The van der Waals surface area contributed by atoms with Gasteiger partial charge in [-0.15, -0.1) is 0 Å². The highest BCUT2D eigenvalue weighted by Crippen LogP contribution is 2.38. The minimum absolute atomic E-state index is 0.0175. The fraction of sp³-hybridized carbons (Fsp3) is 0.176. The highest BCUT2D eigenvalue weighted by Gasteiger charge is 2.38. The lowest BCUT2D eigenvalue weighted by molar-refractivity contribution is -0.121. The number of carbonyl (C=O) groups excluding carboxylic acids is 1. The molecule has 0 spiro atoms. The Bertz CT molecular complexity index is 1030. The molecule has 2 aromatic heterocycles. The number of imidazole rings is 1. The van der Waals surface area contributed by atoms with E-state index in [4.69, 9.17) is 17.0 Å². The van der Waals surface area contributed by atoms with Gasteiger partial charge in [0.2, 0.25) is 5.91 Å².